The molecule has 116 valence electrons. The molecule has 3 rings (SSSR count). The summed E-state index contributed by atoms with van der Waals surface area (Å²) in [5.74, 6) is -0.296. The van der Waals surface area contributed by atoms with E-state index in [-0.39, 0.29) is 24.1 Å². The van der Waals surface area contributed by atoms with Crippen LogP contribution in [0.3, 0.4) is 0 Å². The molecule has 1 amide bonds. The number of benzene rings is 1. The zero-order chi connectivity index (χ0) is 16.2. The SMILES string of the molecule is CCOC(=O)c1cnc(NC(=O)n2cc3ccccc3c2)cn1. The van der Waals surface area contributed by atoms with Crippen LogP contribution in [0.1, 0.15) is 17.4 Å². The quantitative estimate of drug-likeness (QED) is 0.752. The summed E-state index contributed by atoms with van der Waals surface area (Å²) in [6.07, 6.45) is 6.03. The van der Waals surface area contributed by atoms with Crippen LogP contribution in [-0.2, 0) is 4.74 Å². The maximum Gasteiger partial charge on any atom is 0.358 e. The molecule has 2 aromatic heterocycles. The average molecular weight is 310 g/mol. The smallest absolute Gasteiger partial charge is 0.358 e. The Bertz CT molecular complexity index is 822. The highest BCUT2D eigenvalue weighted by Gasteiger charge is 2.11. The lowest BCUT2D eigenvalue weighted by Gasteiger charge is -2.05. The minimum absolute atomic E-state index is 0.0940. The van der Waals surface area contributed by atoms with Gasteiger partial charge in [0, 0.05) is 12.4 Å². The molecule has 0 saturated heterocycles. The van der Waals surface area contributed by atoms with Crippen LogP contribution < -0.4 is 5.32 Å². The molecule has 0 aliphatic carbocycles. The fraction of sp³-hybridized carbons (Fsp3) is 0.125. The van der Waals surface area contributed by atoms with Gasteiger partial charge in [0.15, 0.2) is 11.5 Å². The first-order valence-corrected chi connectivity index (χ1v) is 7.04. The second-order valence-corrected chi connectivity index (χ2v) is 4.73. The number of hydrogen-bond donors (Lipinski definition) is 1. The van der Waals surface area contributed by atoms with Crippen molar-refractivity contribution in [2.24, 2.45) is 0 Å². The number of nitrogens with one attached hydrogen (secondary N) is 1. The second kappa shape index (κ2) is 6.27. The first-order valence-electron chi connectivity index (χ1n) is 7.04. The van der Waals surface area contributed by atoms with Gasteiger partial charge in [-0.05, 0) is 17.7 Å². The molecular weight excluding hydrogens is 296 g/mol. The molecule has 1 N–H and O–H groups in total. The van der Waals surface area contributed by atoms with E-state index in [0.29, 0.717) is 0 Å². The summed E-state index contributed by atoms with van der Waals surface area (Å²) in [6, 6.07) is 7.30. The number of anilines is 1. The molecule has 0 unspecified atom stereocenters. The number of ether oxygens (including phenoxy) is 1. The van der Waals surface area contributed by atoms with Crippen LogP contribution in [0.25, 0.3) is 10.8 Å². The summed E-state index contributed by atoms with van der Waals surface area (Å²) in [7, 11) is 0. The van der Waals surface area contributed by atoms with Crippen molar-refractivity contribution in [3.05, 3.63) is 54.7 Å². The van der Waals surface area contributed by atoms with Crippen LogP contribution in [0.5, 0.6) is 0 Å². The van der Waals surface area contributed by atoms with Crippen molar-refractivity contribution in [1.29, 1.82) is 0 Å². The molecule has 0 aliphatic heterocycles. The van der Waals surface area contributed by atoms with Crippen molar-refractivity contribution >= 4 is 28.6 Å². The van der Waals surface area contributed by atoms with Gasteiger partial charge in [0.05, 0.1) is 19.0 Å². The molecular formula is C16H14N4O3. The highest BCUT2D eigenvalue weighted by Crippen LogP contribution is 2.14. The lowest BCUT2D eigenvalue weighted by Crippen LogP contribution is -2.19. The lowest BCUT2D eigenvalue weighted by molar-refractivity contribution is 0.0519. The van der Waals surface area contributed by atoms with E-state index in [1.807, 2.05) is 24.3 Å². The molecule has 7 nitrogen and oxygen atoms in total. The minimum Gasteiger partial charge on any atom is -0.461 e. The first-order chi connectivity index (χ1) is 11.2. The van der Waals surface area contributed by atoms with E-state index in [0.717, 1.165) is 10.8 Å². The van der Waals surface area contributed by atoms with Crippen molar-refractivity contribution in [3.8, 4) is 0 Å². The van der Waals surface area contributed by atoms with E-state index in [4.69, 9.17) is 4.74 Å². The standard InChI is InChI=1S/C16H14N4O3/c1-2-23-15(21)13-7-18-14(8-17-13)19-16(22)20-9-11-5-3-4-6-12(11)10-20/h3-10H,2H2,1H3,(H,18,19,22). The molecule has 1 aromatic carbocycles. The van der Waals surface area contributed by atoms with Crippen molar-refractivity contribution < 1.29 is 14.3 Å². The van der Waals surface area contributed by atoms with Crippen LogP contribution in [0.2, 0.25) is 0 Å². The van der Waals surface area contributed by atoms with Crippen molar-refractivity contribution in [2.75, 3.05) is 11.9 Å². The van der Waals surface area contributed by atoms with E-state index in [1.165, 1.54) is 17.0 Å². The molecule has 0 spiro atoms. The van der Waals surface area contributed by atoms with Gasteiger partial charge in [0.25, 0.3) is 0 Å². The Kier molecular flexibility index (Phi) is 4.01. The molecule has 0 bridgehead atoms. The van der Waals surface area contributed by atoms with Crippen LogP contribution in [0.15, 0.2) is 49.1 Å². The third kappa shape index (κ3) is 3.18. The van der Waals surface area contributed by atoms with Crippen LogP contribution in [0.4, 0.5) is 10.6 Å². The number of carbonyl (C=O) groups is 2. The first kappa shape index (κ1) is 14.7. The van der Waals surface area contributed by atoms with E-state index in [1.54, 1.807) is 19.3 Å². The van der Waals surface area contributed by atoms with Crippen LogP contribution in [-0.4, -0.2) is 33.1 Å². The molecule has 0 radical (unpaired) electrons. The number of amides is 1. The Hall–Kier alpha value is -3.22. The summed E-state index contributed by atoms with van der Waals surface area (Å²) in [4.78, 5) is 31.6. The summed E-state index contributed by atoms with van der Waals surface area (Å²) in [6.45, 7) is 1.97. The number of rotatable bonds is 3. The summed E-state index contributed by atoms with van der Waals surface area (Å²) < 4.78 is 6.26. The predicted octanol–water partition coefficient (Wildman–Crippen LogP) is 2.69. The molecule has 3 aromatic rings. The van der Waals surface area contributed by atoms with Crippen molar-refractivity contribution in [2.45, 2.75) is 6.92 Å². The van der Waals surface area contributed by atoms with Gasteiger partial charge in [0.1, 0.15) is 0 Å². The second-order valence-electron chi connectivity index (χ2n) is 4.73. The Labute approximate surface area is 131 Å². The molecule has 2 heterocycles. The number of hydrogen-bond acceptors (Lipinski definition) is 5. The number of nitrogens with zero attached hydrogens (tertiary/aromatic N) is 3. The summed E-state index contributed by atoms with van der Waals surface area (Å²) in [5, 5.41) is 4.54. The maximum atomic E-state index is 12.2. The van der Waals surface area contributed by atoms with E-state index >= 15 is 0 Å². The van der Waals surface area contributed by atoms with Gasteiger partial charge in [0.2, 0.25) is 0 Å². The number of esters is 1. The summed E-state index contributed by atoms with van der Waals surface area (Å²) in [5.41, 5.74) is 0.0940. The lowest BCUT2D eigenvalue weighted by atomic mass is 10.2. The largest absolute Gasteiger partial charge is 0.461 e. The van der Waals surface area contributed by atoms with Crippen molar-refractivity contribution in [1.82, 2.24) is 14.5 Å². The van der Waals surface area contributed by atoms with E-state index in [9.17, 15) is 9.59 Å². The van der Waals surface area contributed by atoms with Gasteiger partial charge in [-0.25, -0.2) is 19.6 Å². The normalized spacial score (nSPS) is 10.5. The third-order valence-electron chi connectivity index (χ3n) is 3.16. The van der Waals surface area contributed by atoms with Gasteiger partial charge in [-0.3, -0.25) is 9.88 Å². The maximum absolute atomic E-state index is 12.2. The van der Waals surface area contributed by atoms with Crippen molar-refractivity contribution in [3.63, 3.8) is 0 Å². The number of carbonyl (C=O) groups excluding carboxylic acids is 2. The van der Waals surface area contributed by atoms with Gasteiger partial charge >= 0.3 is 12.0 Å². The van der Waals surface area contributed by atoms with Gasteiger partial charge in [-0.1, -0.05) is 24.3 Å². The van der Waals surface area contributed by atoms with Gasteiger partial charge < -0.3 is 4.74 Å². The van der Waals surface area contributed by atoms with Crippen LogP contribution in [0, 0.1) is 0 Å². The highest BCUT2D eigenvalue weighted by molar-refractivity contribution is 5.95. The molecule has 7 heteroatoms. The molecule has 0 atom stereocenters. The predicted molar refractivity (Wildman–Crippen MR) is 84.3 cm³/mol. The average Bonchev–Trinajstić information content (AvgIpc) is 3.00. The highest BCUT2D eigenvalue weighted by atomic mass is 16.5. The third-order valence-corrected chi connectivity index (χ3v) is 3.16. The van der Waals surface area contributed by atoms with E-state index in [2.05, 4.69) is 15.3 Å². The molecule has 0 fully saturated rings. The fourth-order valence-electron chi connectivity index (χ4n) is 2.08. The topological polar surface area (TPSA) is 86.1 Å². The Balaban J connectivity index is 1.73. The summed E-state index contributed by atoms with van der Waals surface area (Å²) >= 11 is 0. The molecule has 0 saturated carbocycles. The Morgan fingerprint density at radius 1 is 1.13 bits per heavy atom. The molecule has 0 aliphatic rings. The van der Waals surface area contributed by atoms with Gasteiger partial charge in [-0.15, -0.1) is 0 Å². The monoisotopic (exact) mass is 310 g/mol. The molecule has 23 heavy (non-hydrogen) atoms. The fourth-order valence-corrected chi connectivity index (χ4v) is 2.08. The Morgan fingerprint density at radius 3 is 2.39 bits per heavy atom. The van der Waals surface area contributed by atoms with E-state index < -0.39 is 5.97 Å². The van der Waals surface area contributed by atoms with Crippen LogP contribution >= 0.6 is 0 Å². The zero-order valence-corrected chi connectivity index (χ0v) is 12.4. The zero-order valence-electron chi connectivity index (χ0n) is 12.4. The number of fused-ring (bicyclic) bond motifs is 1. The minimum atomic E-state index is -0.547. The Morgan fingerprint density at radius 2 is 1.83 bits per heavy atom. The number of aromatic nitrogens is 3. The van der Waals surface area contributed by atoms with Gasteiger partial charge in [-0.2, -0.15) is 0 Å².